The Kier molecular flexibility index (Phi) is 38.8. The van der Waals surface area contributed by atoms with Crippen LogP contribution in [0.4, 0.5) is 0 Å². The third kappa shape index (κ3) is 38.9. The summed E-state index contributed by atoms with van der Waals surface area (Å²) in [6.45, 7) is 10.5. The number of ether oxygens (including phenoxy) is 8. The van der Waals surface area contributed by atoms with E-state index in [9.17, 15) is 9.59 Å². The van der Waals surface area contributed by atoms with Gasteiger partial charge in [-0.25, -0.2) is 0 Å². The molecule has 0 N–H and O–H groups in total. The minimum absolute atomic E-state index is 0.132. The zero-order valence-electron chi connectivity index (χ0n) is 29.7. The van der Waals surface area contributed by atoms with Crippen molar-refractivity contribution in [1.82, 2.24) is 0 Å². The van der Waals surface area contributed by atoms with Gasteiger partial charge < -0.3 is 37.9 Å². The molecule has 0 atom stereocenters. The Bertz CT molecular complexity index is 620. The van der Waals surface area contributed by atoms with Gasteiger partial charge in [0.2, 0.25) is 0 Å². The van der Waals surface area contributed by atoms with Crippen LogP contribution in [0.5, 0.6) is 0 Å². The van der Waals surface area contributed by atoms with Gasteiger partial charge in [0.1, 0.15) is 13.2 Å². The second-order valence-corrected chi connectivity index (χ2v) is 11.6. The summed E-state index contributed by atoms with van der Waals surface area (Å²) in [7, 11) is 0. The predicted molar refractivity (Wildman–Crippen MR) is 181 cm³/mol. The highest BCUT2D eigenvalue weighted by molar-refractivity contribution is 5.69. The molecule has 0 heterocycles. The number of hydrogen-bond donors (Lipinski definition) is 0. The summed E-state index contributed by atoms with van der Waals surface area (Å²) in [5.41, 5.74) is 0. The van der Waals surface area contributed by atoms with Crippen molar-refractivity contribution >= 4 is 11.9 Å². The fourth-order valence-corrected chi connectivity index (χ4v) is 4.58. The van der Waals surface area contributed by atoms with E-state index in [0.29, 0.717) is 92.1 Å². The molecular formula is C36H70O10. The Morgan fingerprint density at radius 2 is 0.522 bits per heavy atom. The van der Waals surface area contributed by atoms with Crippen LogP contribution >= 0.6 is 0 Å². The van der Waals surface area contributed by atoms with Gasteiger partial charge >= 0.3 is 11.9 Å². The molecule has 0 aromatic rings. The average Bonchev–Trinajstić information content (AvgIpc) is 3.05. The van der Waals surface area contributed by atoms with E-state index in [4.69, 9.17) is 37.9 Å². The Balaban J connectivity index is 3.16. The summed E-state index contributed by atoms with van der Waals surface area (Å²) >= 11 is 0. The molecule has 0 amide bonds. The maximum Gasteiger partial charge on any atom is 0.305 e. The van der Waals surface area contributed by atoms with Crippen LogP contribution in [0.25, 0.3) is 0 Å². The molecule has 274 valence electrons. The van der Waals surface area contributed by atoms with Gasteiger partial charge in [0.15, 0.2) is 0 Å². The van der Waals surface area contributed by atoms with Crippen LogP contribution < -0.4 is 0 Å². The third-order valence-corrected chi connectivity index (χ3v) is 7.31. The number of hydrogen-bond acceptors (Lipinski definition) is 10. The Labute approximate surface area is 281 Å². The number of carbonyl (C=O) groups excluding carboxylic acids is 2. The SMILES string of the molecule is CCCCCCCCCCCCCCCC(=O)OCCOCCOCCOCCOCCOCCOCCOC(=O)CCCCC. The van der Waals surface area contributed by atoms with Crippen molar-refractivity contribution in [1.29, 1.82) is 0 Å². The van der Waals surface area contributed by atoms with E-state index < -0.39 is 0 Å². The van der Waals surface area contributed by atoms with E-state index >= 15 is 0 Å². The molecule has 10 nitrogen and oxygen atoms in total. The standard InChI is InChI=1S/C36H70O10/c1-3-5-7-8-9-10-11-12-13-14-15-16-18-20-36(38)46-34-32-44-30-28-42-26-24-40-22-21-39-23-25-41-27-29-43-31-33-45-35(37)19-17-6-4-2/h3-34H2,1-2H3. The molecular weight excluding hydrogens is 592 g/mol. The smallest absolute Gasteiger partial charge is 0.305 e. The van der Waals surface area contributed by atoms with Gasteiger partial charge in [-0.2, -0.15) is 0 Å². The lowest BCUT2D eigenvalue weighted by atomic mass is 10.0. The Morgan fingerprint density at radius 3 is 0.826 bits per heavy atom. The first-order valence-electron chi connectivity index (χ1n) is 18.5. The van der Waals surface area contributed by atoms with Crippen LogP contribution in [0.15, 0.2) is 0 Å². The van der Waals surface area contributed by atoms with Crippen molar-refractivity contribution < 1.29 is 47.5 Å². The van der Waals surface area contributed by atoms with Gasteiger partial charge in [0.05, 0.1) is 79.3 Å². The molecule has 0 spiro atoms. The number of unbranched alkanes of at least 4 members (excludes halogenated alkanes) is 14. The van der Waals surface area contributed by atoms with E-state index in [0.717, 1.165) is 32.1 Å². The first-order valence-corrected chi connectivity index (χ1v) is 18.5. The van der Waals surface area contributed by atoms with Gasteiger partial charge in [-0.1, -0.05) is 104 Å². The van der Waals surface area contributed by atoms with Gasteiger partial charge in [-0.15, -0.1) is 0 Å². The van der Waals surface area contributed by atoms with Crippen molar-refractivity contribution in [2.75, 3.05) is 92.5 Å². The van der Waals surface area contributed by atoms with Crippen LogP contribution in [0.3, 0.4) is 0 Å². The normalized spacial score (nSPS) is 11.3. The molecule has 0 aromatic heterocycles. The first kappa shape index (κ1) is 44.7. The summed E-state index contributed by atoms with van der Waals surface area (Å²) in [6.07, 6.45) is 20.8. The topological polar surface area (TPSA) is 108 Å². The lowest BCUT2D eigenvalue weighted by Gasteiger charge is -2.09. The summed E-state index contributed by atoms with van der Waals surface area (Å²) in [5, 5.41) is 0. The molecule has 0 bridgehead atoms. The van der Waals surface area contributed by atoms with Crippen LogP contribution in [-0.4, -0.2) is 104 Å². The second-order valence-electron chi connectivity index (χ2n) is 11.6. The summed E-state index contributed by atoms with van der Waals surface area (Å²) in [4.78, 5) is 23.3. The highest BCUT2D eigenvalue weighted by Gasteiger charge is 2.03. The lowest BCUT2D eigenvalue weighted by Crippen LogP contribution is -2.15. The third-order valence-electron chi connectivity index (χ3n) is 7.31. The first-order chi connectivity index (χ1) is 22.7. The fraction of sp³-hybridized carbons (Fsp3) is 0.944. The molecule has 46 heavy (non-hydrogen) atoms. The number of rotatable bonds is 39. The molecule has 0 aromatic carbocycles. The van der Waals surface area contributed by atoms with Crippen molar-refractivity contribution in [2.24, 2.45) is 0 Å². The summed E-state index contributed by atoms with van der Waals surface area (Å²) in [5.74, 6) is -0.291. The van der Waals surface area contributed by atoms with E-state index in [1.165, 1.54) is 70.6 Å². The second kappa shape index (κ2) is 39.9. The van der Waals surface area contributed by atoms with Crippen LogP contribution in [-0.2, 0) is 47.5 Å². The van der Waals surface area contributed by atoms with E-state index in [1.807, 2.05) is 0 Å². The number of esters is 2. The number of carbonyl (C=O) groups is 2. The Hall–Kier alpha value is -1.30. The van der Waals surface area contributed by atoms with Crippen LogP contribution in [0.1, 0.15) is 129 Å². The van der Waals surface area contributed by atoms with Crippen molar-refractivity contribution in [2.45, 2.75) is 129 Å². The highest BCUT2D eigenvalue weighted by Crippen LogP contribution is 2.13. The molecule has 0 radical (unpaired) electrons. The minimum Gasteiger partial charge on any atom is -0.463 e. The molecule has 0 aliphatic rings. The zero-order valence-corrected chi connectivity index (χ0v) is 29.7. The van der Waals surface area contributed by atoms with Crippen molar-refractivity contribution in [3.8, 4) is 0 Å². The minimum atomic E-state index is -0.158. The molecule has 0 rings (SSSR count). The summed E-state index contributed by atoms with van der Waals surface area (Å²) in [6, 6.07) is 0. The van der Waals surface area contributed by atoms with Gasteiger partial charge in [0.25, 0.3) is 0 Å². The van der Waals surface area contributed by atoms with Crippen LogP contribution in [0.2, 0.25) is 0 Å². The van der Waals surface area contributed by atoms with Gasteiger partial charge in [0, 0.05) is 12.8 Å². The predicted octanol–water partition coefficient (Wildman–Crippen LogP) is 7.23. The van der Waals surface area contributed by atoms with E-state index in [-0.39, 0.29) is 25.2 Å². The average molecular weight is 663 g/mol. The van der Waals surface area contributed by atoms with Gasteiger partial charge in [-0.3, -0.25) is 9.59 Å². The fourth-order valence-electron chi connectivity index (χ4n) is 4.58. The van der Waals surface area contributed by atoms with E-state index in [2.05, 4.69) is 13.8 Å². The lowest BCUT2D eigenvalue weighted by molar-refractivity contribution is -0.146. The maximum atomic E-state index is 11.8. The highest BCUT2D eigenvalue weighted by atomic mass is 16.6. The van der Waals surface area contributed by atoms with E-state index in [1.54, 1.807) is 0 Å². The molecule has 0 saturated carbocycles. The Morgan fingerprint density at radius 1 is 0.304 bits per heavy atom. The summed E-state index contributed by atoms with van der Waals surface area (Å²) < 4.78 is 43.0. The quantitative estimate of drug-likeness (QED) is 0.0494. The van der Waals surface area contributed by atoms with Gasteiger partial charge in [-0.05, 0) is 12.8 Å². The zero-order chi connectivity index (χ0) is 33.4. The van der Waals surface area contributed by atoms with Crippen LogP contribution in [0, 0.1) is 0 Å². The molecule has 0 unspecified atom stereocenters. The largest absolute Gasteiger partial charge is 0.463 e. The molecule has 10 heteroatoms. The molecule has 0 fully saturated rings. The monoisotopic (exact) mass is 662 g/mol. The maximum absolute atomic E-state index is 11.8. The van der Waals surface area contributed by atoms with Crippen molar-refractivity contribution in [3.05, 3.63) is 0 Å². The molecule has 0 aliphatic carbocycles. The molecule has 0 aliphatic heterocycles. The molecule has 0 saturated heterocycles. The van der Waals surface area contributed by atoms with Crippen molar-refractivity contribution in [3.63, 3.8) is 0 Å².